The summed E-state index contributed by atoms with van der Waals surface area (Å²) in [5.41, 5.74) is 2.01. The molecule has 232 valence electrons. The Bertz CT molecular complexity index is 1000. The molecular weight excluding hydrogens is 522 g/mol. The number of carbonyl (C=O) groups is 4. The molecule has 3 amide bonds. The predicted octanol–water partition coefficient (Wildman–Crippen LogP) is 5.76. The molecule has 9 nitrogen and oxygen atoms in total. The number of carbonyl (C=O) groups excluding carboxylic acids is 4. The molecular formula is C32H53N3O6. The maximum absolute atomic E-state index is 14.3. The summed E-state index contributed by atoms with van der Waals surface area (Å²) >= 11 is 0. The van der Waals surface area contributed by atoms with Gasteiger partial charge in [0.25, 0.3) is 0 Å². The van der Waals surface area contributed by atoms with E-state index >= 15 is 0 Å². The van der Waals surface area contributed by atoms with Gasteiger partial charge in [0.15, 0.2) is 0 Å². The van der Waals surface area contributed by atoms with Crippen LogP contribution in [0.15, 0.2) is 18.2 Å². The normalized spacial score (nSPS) is 13.5. The lowest BCUT2D eigenvalue weighted by Crippen LogP contribution is -2.55. The number of alkyl carbamates (subject to hydrolysis) is 1. The van der Waals surface area contributed by atoms with E-state index in [9.17, 15) is 19.2 Å². The van der Waals surface area contributed by atoms with Crippen molar-refractivity contribution >= 4 is 23.9 Å². The van der Waals surface area contributed by atoms with E-state index in [1.54, 1.807) is 32.6 Å². The molecule has 0 saturated heterocycles. The van der Waals surface area contributed by atoms with Crippen LogP contribution in [-0.2, 0) is 23.9 Å². The molecule has 1 aromatic carbocycles. The smallest absolute Gasteiger partial charge is 0.408 e. The van der Waals surface area contributed by atoms with Gasteiger partial charge in [0, 0.05) is 13.1 Å². The van der Waals surface area contributed by atoms with Crippen molar-refractivity contribution in [1.29, 1.82) is 0 Å². The molecule has 0 aromatic heterocycles. The van der Waals surface area contributed by atoms with E-state index in [1.807, 2.05) is 45.9 Å². The Balaban J connectivity index is 3.52. The standard InChI is InChI=1S/C32H53N3O6/c1-10-13-14-15-20-35(30(38)27(22(4)11-2)34-31(39)41-32(7,8)9)28(25-17-16-23(5)24(6)21-25)29(37)33-19-18-26(36)40-12-3/h16-17,21-22,27-28H,10-15,18-20H2,1-9H3,(H,33,37)(H,34,39). The van der Waals surface area contributed by atoms with Gasteiger partial charge in [-0.3, -0.25) is 14.4 Å². The van der Waals surface area contributed by atoms with Crippen LogP contribution in [0.3, 0.4) is 0 Å². The number of hydrogen-bond donors (Lipinski definition) is 2. The van der Waals surface area contributed by atoms with Gasteiger partial charge in [0.2, 0.25) is 11.8 Å². The van der Waals surface area contributed by atoms with Crippen molar-refractivity contribution in [3.8, 4) is 0 Å². The Hall–Kier alpha value is -3.10. The summed E-state index contributed by atoms with van der Waals surface area (Å²) in [6.45, 7) is 17.6. The summed E-state index contributed by atoms with van der Waals surface area (Å²) in [6, 6.07) is 3.90. The summed E-state index contributed by atoms with van der Waals surface area (Å²) < 4.78 is 10.5. The minimum atomic E-state index is -0.947. The Morgan fingerprint density at radius 3 is 2.22 bits per heavy atom. The quantitative estimate of drug-likeness (QED) is 0.191. The van der Waals surface area contributed by atoms with Crippen LogP contribution < -0.4 is 10.6 Å². The molecule has 0 aliphatic rings. The van der Waals surface area contributed by atoms with Crippen molar-refractivity contribution in [2.45, 2.75) is 119 Å². The van der Waals surface area contributed by atoms with Crippen LogP contribution in [0.2, 0.25) is 0 Å². The number of nitrogens with one attached hydrogen (secondary N) is 2. The summed E-state index contributed by atoms with van der Waals surface area (Å²) in [6.07, 6.45) is 3.62. The van der Waals surface area contributed by atoms with E-state index in [1.165, 1.54) is 0 Å². The minimum absolute atomic E-state index is 0.0271. The fourth-order valence-electron chi connectivity index (χ4n) is 4.40. The van der Waals surface area contributed by atoms with Gasteiger partial charge in [-0.1, -0.05) is 64.7 Å². The molecule has 0 heterocycles. The molecule has 2 N–H and O–H groups in total. The first-order chi connectivity index (χ1) is 19.2. The highest BCUT2D eigenvalue weighted by molar-refractivity contribution is 5.92. The maximum atomic E-state index is 14.3. The van der Waals surface area contributed by atoms with Crippen molar-refractivity contribution < 1.29 is 28.7 Å². The third-order valence-corrected chi connectivity index (χ3v) is 7.03. The topological polar surface area (TPSA) is 114 Å². The van der Waals surface area contributed by atoms with E-state index in [0.29, 0.717) is 24.9 Å². The third kappa shape index (κ3) is 12.5. The van der Waals surface area contributed by atoms with Crippen molar-refractivity contribution in [3.05, 3.63) is 34.9 Å². The molecule has 0 spiro atoms. The second-order valence-corrected chi connectivity index (χ2v) is 11.7. The summed E-state index contributed by atoms with van der Waals surface area (Å²) in [4.78, 5) is 54.5. The monoisotopic (exact) mass is 575 g/mol. The first-order valence-electron chi connectivity index (χ1n) is 15.1. The Kier molecular flexibility index (Phi) is 15.5. The number of hydrogen-bond acceptors (Lipinski definition) is 6. The number of aryl methyl sites for hydroxylation is 2. The van der Waals surface area contributed by atoms with Crippen LogP contribution in [0, 0.1) is 19.8 Å². The van der Waals surface area contributed by atoms with Crippen molar-refractivity contribution in [2.75, 3.05) is 19.7 Å². The Labute approximate surface area is 247 Å². The molecule has 3 atom stereocenters. The fourth-order valence-corrected chi connectivity index (χ4v) is 4.40. The lowest BCUT2D eigenvalue weighted by molar-refractivity contribution is -0.145. The number of nitrogens with zero attached hydrogens (tertiary/aromatic N) is 1. The van der Waals surface area contributed by atoms with E-state index < -0.39 is 29.7 Å². The van der Waals surface area contributed by atoms with Crippen LogP contribution >= 0.6 is 0 Å². The van der Waals surface area contributed by atoms with Gasteiger partial charge in [-0.25, -0.2) is 4.79 Å². The third-order valence-electron chi connectivity index (χ3n) is 7.03. The summed E-state index contributed by atoms with van der Waals surface area (Å²) in [5.74, 6) is -1.34. The van der Waals surface area contributed by atoms with Gasteiger partial charge < -0.3 is 25.0 Å². The molecule has 0 radical (unpaired) electrons. The number of benzene rings is 1. The Morgan fingerprint density at radius 2 is 1.66 bits per heavy atom. The van der Waals surface area contributed by atoms with Gasteiger partial charge >= 0.3 is 12.1 Å². The molecule has 3 unspecified atom stereocenters. The zero-order valence-electron chi connectivity index (χ0n) is 26.7. The number of unbranched alkanes of at least 4 members (excludes halogenated alkanes) is 3. The zero-order chi connectivity index (χ0) is 31.2. The maximum Gasteiger partial charge on any atom is 0.408 e. The van der Waals surface area contributed by atoms with E-state index in [0.717, 1.165) is 30.4 Å². The fraction of sp³-hybridized carbons (Fsp3) is 0.688. The molecule has 0 aliphatic heterocycles. The number of esters is 1. The second kappa shape index (κ2) is 17.7. The van der Waals surface area contributed by atoms with Crippen LogP contribution in [0.5, 0.6) is 0 Å². The van der Waals surface area contributed by atoms with Crippen molar-refractivity contribution in [1.82, 2.24) is 15.5 Å². The average molecular weight is 576 g/mol. The van der Waals surface area contributed by atoms with Gasteiger partial charge in [-0.2, -0.15) is 0 Å². The van der Waals surface area contributed by atoms with Crippen LogP contribution in [0.1, 0.15) is 110 Å². The van der Waals surface area contributed by atoms with E-state index in [-0.39, 0.29) is 37.3 Å². The highest BCUT2D eigenvalue weighted by atomic mass is 16.6. The van der Waals surface area contributed by atoms with Crippen molar-refractivity contribution in [3.63, 3.8) is 0 Å². The summed E-state index contributed by atoms with van der Waals surface area (Å²) in [5, 5.41) is 5.65. The first kappa shape index (κ1) is 35.9. The van der Waals surface area contributed by atoms with E-state index in [2.05, 4.69) is 17.6 Å². The van der Waals surface area contributed by atoms with Gasteiger partial charge in [0.1, 0.15) is 17.7 Å². The second-order valence-electron chi connectivity index (χ2n) is 11.7. The van der Waals surface area contributed by atoms with Crippen LogP contribution in [0.25, 0.3) is 0 Å². The molecule has 1 aromatic rings. The number of amides is 3. The lowest BCUT2D eigenvalue weighted by Gasteiger charge is -2.36. The van der Waals surface area contributed by atoms with E-state index in [4.69, 9.17) is 9.47 Å². The molecule has 0 saturated carbocycles. The van der Waals surface area contributed by atoms with Crippen LogP contribution in [-0.4, -0.2) is 60.1 Å². The van der Waals surface area contributed by atoms with Gasteiger partial charge in [0.05, 0.1) is 13.0 Å². The minimum Gasteiger partial charge on any atom is -0.466 e. The van der Waals surface area contributed by atoms with Gasteiger partial charge in [-0.15, -0.1) is 0 Å². The van der Waals surface area contributed by atoms with Crippen molar-refractivity contribution in [2.24, 2.45) is 5.92 Å². The van der Waals surface area contributed by atoms with Crippen LogP contribution in [0.4, 0.5) is 4.79 Å². The predicted molar refractivity (Wildman–Crippen MR) is 161 cm³/mol. The van der Waals surface area contributed by atoms with Gasteiger partial charge in [-0.05, 0) is 70.6 Å². The molecule has 1 rings (SSSR count). The largest absolute Gasteiger partial charge is 0.466 e. The molecule has 41 heavy (non-hydrogen) atoms. The highest BCUT2D eigenvalue weighted by Crippen LogP contribution is 2.27. The lowest BCUT2D eigenvalue weighted by atomic mass is 9.94. The average Bonchev–Trinajstić information content (AvgIpc) is 2.89. The highest BCUT2D eigenvalue weighted by Gasteiger charge is 2.38. The number of rotatable bonds is 16. The summed E-state index contributed by atoms with van der Waals surface area (Å²) in [7, 11) is 0. The zero-order valence-corrected chi connectivity index (χ0v) is 26.7. The molecule has 0 bridgehead atoms. The molecule has 0 fully saturated rings. The molecule has 0 aliphatic carbocycles. The number of ether oxygens (including phenoxy) is 2. The Morgan fingerprint density at radius 1 is 0.976 bits per heavy atom. The molecule has 9 heteroatoms. The SMILES string of the molecule is CCCCCCN(C(=O)C(NC(=O)OC(C)(C)C)C(C)CC)C(C(=O)NCCC(=O)OCC)c1ccc(C)c(C)c1. The first-order valence-corrected chi connectivity index (χ1v) is 15.1.